The monoisotopic (exact) mass is 549 g/mol. The second kappa shape index (κ2) is 9.67. The van der Waals surface area contributed by atoms with Crippen molar-refractivity contribution in [1.29, 1.82) is 0 Å². The molecule has 40 heavy (non-hydrogen) atoms. The van der Waals surface area contributed by atoms with Crippen LogP contribution in [0.1, 0.15) is 119 Å². The van der Waals surface area contributed by atoms with E-state index in [0.29, 0.717) is 29.6 Å². The van der Waals surface area contributed by atoms with E-state index in [-0.39, 0.29) is 33.7 Å². The molecule has 222 valence electrons. The fourth-order valence-electron chi connectivity index (χ4n) is 12.7. The second-order valence-corrected chi connectivity index (χ2v) is 16.6. The molecule has 1 heterocycles. The van der Waals surface area contributed by atoms with Crippen molar-refractivity contribution in [3.8, 4) is 0 Å². The van der Waals surface area contributed by atoms with E-state index in [1.165, 1.54) is 56.9 Å². The number of rotatable bonds is 4. The fourth-order valence-corrected chi connectivity index (χ4v) is 12.7. The first kappa shape index (κ1) is 28.9. The quantitative estimate of drug-likeness (QED) is 0.260. The predicted molar refractivity (Wildman–Crippen MR) is 159 cm³/mol. The summed E-state index contributed by atoms with van der Waals surface area (Å²) in [6.07, 6.45) is 14.0. The summed E-state index contributed by atoms with van der Waals surface area (Å²) in [6.45, 7) is 28.6. The summed E-state index contributed by atoms with van der Waals surface area (Å²) in [5.74, 6) is 3.05. The van der Waals surface area contributed by atoms with Gasteiger partial charge in [-0.2, -0.15) is 0 Å². The van der Waals surface area contributed by atoms with E-state index < -0.39 is 11.5 Å². The van der Waals surface area contributed by atoms with Crippen molar-refractivity contribution in [2.75, 3.05) is 13.2 Å². The van der Waals surface area contributed by atoms with Crippen molar-refractivity contribution in [3.63, 3.8) is 0 Å². The SMILES string of the molecule is [C-]#[N+]C1C[C@]2(C)[C@H]3CC[C@@H]4[C@H]5[C@H](C(=C)C)CC[C@]5(COC5CCCCO5)CC[C@@]4(C)[C@]3(C)CC[C@H]2C(C)(C)C1=O. The number of Topliss-reactive ketones (excluding diaryl/α,β-unsaturated/α-hetero) is 1. The first-order chi connectivity index (χ1) is 18.8. The lowest BCUT2D eigenvalue weighted by molar-refractivity contribution is -0.246. The van der Waals surface area contributed by atoms with E-state index in [9.17, 15) is 4.79 Å². The van der Waals surface area contributed by atoms with Gasteiger partial charge in [0.2, 0.25) is 5.78 Å². The molecule has 0 N–H and O–H groups in total. The first-order valence-corrected chi connectivity index (χ1v) is 16.6. The molecule has 0 radical (unpaired) electrons. The topological polar surface area (TPSA) is 39.9 Å². The Bertz CT molecular complexity index is 1080. The lowest BCUT2D eigenvalue weighted by Crippen LogP contribution is -2.67. The van der Waals surface area contributed by atoms with Gasteiger partial charge in [0.15, 0.2) is 6.29 Å². The number of allylic oxidation sites excluding steroid dienone is 1. The summed E-state index contributed by atoms with van der Waals surface area (Å²) in [5.41, 5.74) is 1.75. The van der Waals surface area contributed by atoms with E-state index in [4.69, 9.17) is 16.0 Å². The number of nitrogens with zero attached hydrogens (tertiary/aromatic N) is 1. The van der Waals surface area contributed by atoms with Crippen LogP contribution in [0.25, 0.3) is 4.85 Å². The maximum atomic E-state index is 13.4. The van der Waals surface area contributed by atoms with E-state index >= 15 is 0 Å². The van der Waals surface area contributed by atoms with Gasteiger partial charge in [-0.1, -0.05) is 46.8 Å². The third kappa shape index (κ3) is 3.85. The molecular formula is C36H55NO3. The van der Waals surface area contributed by atoms with Gasteiger partial charge in [-0.05, 0) is 129 Å². The van der Waals surface area contributed by atoms with Crippen LogP contribution >= 0.6 is 0 Å². The van der Waals surface area contributed by atoms with Crippen molar-refractivity contribution < 1.29 is 14.3 Å². The number of carbonyl (C=O) groups is 1. The Labute approximate surface area is 244 Å². The molecule has 5 aliphatic carbocycles. The van der Waals surface area contributed by atoms with Crippen LogP contribution in [0, 0.1) is 63.2 Å². The fraction of sp³-hybridized carbons (Fsp3) is 0.889. The number of ether oxygens (including phenoxy) is 2. The molecule has 1 aliphatic heterocycles. The molecule has 0 amide bonds. The highest BCUT2D eigenvalue weighted by atomic mass is 16.7. The van der Waals surface area contributed by atoms with Crippen molar-refractivity contribution in [3.05, 3.63) is 23.6 Å². The van der Waals surface area contributed by atoms with Crippen LogP contribution in [0.2, 0.25) is 0 Å². The standard InChI is InChI=1S/C36H55NO3/c1-23(2)24-14-17-36(22-40-29-11-9-10-20-39-29)19-18-34(6)25(30(24)36)12-13-28-33(5)21-26(37-8)31(38)32(3,4)27(33)15-16-35(28,34)7/h24-30H,1,9-22H2,2-7H3/t24-,25+,26?,27-,28+,29?,30+,33-,34+,35+,36+/m0/s1. The predicted octanol–water partition coefficient (Wildman–Crippen LogP) is 8.65. The van der Waals surface area contributed by atoms with Crippen molar-refractivity contribution in [1.82, 2.24) is 0 Å². The molecule has 11 atom stereocenters. The maximum absolute atomic E-state index is 13.4. The first-order valence-electron chi connectivity index (χ1n) is 16.6. The van der Waals surface area contributed by atoms with E-state index in [0.717, 1.165) is 38.9 Å². The number of carbonyl (C=O) groups excluding carboxylic acids is 1. The Kier molecular flexibility index (Phi) is 6.99. The zero-order chi connectivity index (χ0) is 28.7. The van der Waals surface area contributed by atoms with E-state index in [1.807, 2.05) is 0 Å². The van der Waals surface area contributed by atoms with E-state index in [1.54, 1.807) is 0 Å². The number of ketones is 1. The summed E-state index contributed by atoms with van der Waals surface area (Å²) in [4.78, 5) is 17.3. The van der Waals surface area contributed by atoms with Crippen molar-refractivity contribution >= 4 is 5.78 Å². The number of fused-ring (bicyclic) bond motifs is 7. The van der Waals surface area contributed by atoms with Crippen LogP contribution in [0.3, 0.4) is 0 Å². The minimum atomic E-state index is -0.468. The normalized spacial score (nSPS) is 51.5. The van der Waals surface area contributed by atoms with Gasteiger partial charge in [0, 0.05) is 18.4 Å². The van der Waals surface area contributed by atoms with Crippen LogP contribution in [0.5, 0.6) is 0 Å². The zero-order valence-electron chi connectivity index (χ0n) is 26.3. The highest BCUT2D eigenvalue weighted by molar-refractivity contribution is 5.92. The van der Waals surface area contributed by atoms with Crippen LogP contribution in [0.15, 0.2) is 12.2 Å². The van der Waals surface area contributed by atoms with Crippen molar-refractivity contribution in [2.24, 2.45) is 56.7 Å². The van der Waals surface area contributed by atoms with Gasteiger partial charge in [0.05, 0.1) is 6.61 Å². The van der Waals surface area contributed by atoms with Crippen molar-refractivity contribution in [2.45, 2.75) is 131 Å². The third-order valence-corrected chi connectivity index (χ3v) is 14.8. The Morgan fingerprint density at radius 3 is 2.42 bits per heavy atom. The molecule has 1 saturated heterocycles. The molecule has 0 bridgehead atoms. The zero-order valence-corrected chi connectivity index (χ0v) is 26.3. The highest BCUT2D eigenvalue weighted by Crippen LogP contribution is 2.77. The minimum Gasteiger partial charge on any atom is -0.353 e. The summed E-state index contributed by atoms with van der Waals surface area (Å²) in [6, 6.07) is -0.468. The molecule has 5 saturated carbocycles. The third-order valence-electron chi connectivity index (χ3n) is 14.8. The number of hydrogen-bond donors (Lipinski definition) is 0. The molecule has 0 spiro atoms. The Morgan fingerprint density at radius 2 is 1.75 bits per heavy atom. The van der Waals surface area contributed by atoms with Crippen LogP contribution < -0.4 is 0 Å². The van der Waals surface area contributed by atoms with Gasteiger partial charge in [0.25, 0.3) is 6.04 Å². The van der Waals surface area contributed by atoms with Crippen LogP contribution in [-0.2, 0) is 14.3 Å². The molecule has 2 unspecified atom stereocenters. The average Bonchev–Trinajstić information content (AvgIpc) is 3.31. The molecule has 0 aromatic carbocycles. The molecule has 6 fully saturated rings. The highest BCUT2D eigenvalue weighted by Gasteiger charge is 2.72. The Hall–Kier alpha value is -1.18. The van der Waals surface area contributed by atoms with Gasteiger partial charge >= 0.3 is 0 Å². The summed E-state index contributed by atoms with van der Waals surface area (Å²) >= 11 is 0. The van der Waals surface area contributed by atoms with Crippen LogP contribution in [-0.4, -0.2) is 31.3 Å². The van der Waals surface area contributed by atoms with Gasteiger partial charge in [-0.15, -0.1) is 0 Å². The summed E-state index contributed by atoms with van der Waals surface area (Å²) in [7, 11) is 0. The van der Waals surface area contributed by atoms with Gasteiger partial charge in [-0.25, -0.2) is 6.57 Å². The Balaban J connectivity index is 1.34. The molecule has 4 heteroatoms. The van der Waals surface area contributed by atoms with Gasteiger partial charge < -0.3 is 14.3 Å². The molecule has 6 rings (SSSR count). The lowest BCUT2D eigenvalue weighted by atomic mass is 9.32. The molecule has 6 aliphatic rings. The van der Waals surface area contributed by atoms with Crippen LogP contribution in [0.4, 0.5) is 0 Å². The summed E-state index contributed by atoms with van der Waals surface area (Å²) in [5, 5.41) is 0. The molecule has 0 aromatic heterocycles. The van der Waals surface area contributed by atoms with Gasteiger partial charge in [-0.3, -0.25) is 4.79 Å². The largest absolute Gasteiger partial charge is 0.353 e. The smallest absolute Gasteiger partial charge is 0.281 e. The molecular weight excluding hydrogens is 494 g/mol. The molecule has 4 nitrogen and oxygen atoms in total. The van der Waals surface area contributed by atoms with Gasteiger partial charge in [0.1, 0.15) is 0 Å². The maximum Gasteiger partial charge on any atom is 0.281 e. The second-order valence-electron chi connectivity index (χ2n) is 16.6. The average molecular weight is 550 g/mol. The lowest BCUT2D eigenvalue weighted by Gasteiger charge is -2.72. The number of hydrogen-bond acceptors (Lipinski definition) is 3. The Morgan fingerprint density at radius 1 is 0.975 bits per heavy atom. The van der Waals surface area contributed by atoms with E-state index in [2.05, 4.69) is 53.0 Å². The summed E-state index contributed by atoms with van der Waals surface area (Å²) < 4.78 is 12.7. The minimum absolute atomic E-state index is 0.0165. The molecule has 0 aromatic rings.